The molecule has 0 aliphatic heterocycles. The lowest BCUT2D eigenvalue weighted by atomic mass is 10.1. The number of nitrogens with zero attached hydrogens (tertiary/aromatic N) is 2. The predicted molar refractivity (Wildman–Crippen MR) is 74.3 cm³/mol. The minimum absolute atomic E-state index is 0.0637. The Bertz CT molecular complexity index is 406. The quantitative estimate of drug-likeness (QED) is 0.744. The van der Waals surface area contributed by atoms with Gasteiger partial charge in [-0.1, -0.05) is 6.92 Å². The van der Waals surface area contributed by atoms with Crippen LogP contribution in [-0.2, 0) is 9.59 Å². The van der Waals surface area contributed by atoms with Crippen molar-refractivity contribution in [2.45, 2.75) is 38.5 Å². The fourth-order valence-electron chi connectivity index (χ4n) is 1.81. The summed E-state index contributed by atoms with van der Waals surface area (Å²) in [7, 11) is 1.78. The van der Waals surface area contributed by atoms with Crippen LogP contribution in [0.4, 0.5) is 0 Å². The number of amides is 1. The molecule has 106 valence electrons. The summed E-state index contributed by atoms with van der Waals surface area (Å²) in [5, 5.41) is 11.5. The molecule has 0 bridgehead atoms. The molecule has 0 aromatic carbocycles. The number of hydrogen-bond acceptors (Lipinski definition) is 4. The fourth-order valence-corrected chi connectivity index (χ4v) is 2.50. The second-order valence-electron chi connectivity index (χ2n) is 4.65. The average molecular weight is 284 g/mol. The molecule has 0 aliphatic carbocycles. The van der Waals surface area contributed by atoms with Crippen LogP contribution in [0.1, 0.15) is 43.5 Å². The number of thiazole rings is 1. The van der Waals surface area contributed by atoms with Crippen molar-refractivity contribution in [3.8, 4) is 0 Å². The van der Waals surface area contributed by atoms with E-state index in [2.05, 4.69) is 4.98 Å². The molecule has 1 aromatic rings. The molecule has 1 amide bonds. The highest BCUT2D eigenvalue weighted by Crippen LogP contribution is 2.18. The van der Waals surface area contributed by atoms with Crippen LogP contribution in [0.3, 0.4) is 0 Å². The monoisotopic (exact) mass is 284 g/mol. The third-order valence-electron chi connectivity index (χ3n) is 2.88. The van der Waals surface area contributed by atoms with Crippen molar-refractivity contribution in [3.05, 3.63) is 16.6 Å². The van der Waals surface area contributed by atoms with Gasteiger partial charge < -0.3 is 10.0 Å². The second-order valence-corrected chi connectivity index (χ2v) is 5.57. The van der Waals surface area contributed by atoms with Crippen molar-refractivity contribution < 1.29 is 14.7 Å². The highest BCUT2D eigenvalue weighted by atomic mass is 32.1. The topological polar surface area (TPSA) is 70.5 Å². The third-order valence-corrected chi connectivity index (χ3v) is 3.88. The van der Waals surface area contributed by atoms with Gasteiger partial charge in [0.25, 0.3) is 0 Å². The molecule has 1 rings (SSSR count). The molecule has 0 radical (unpaired) electrons. The van der Waals surface area contributed by atoms with E-state index >= 15 is 0 Å². The second kappa shape index (κ2) is 7.89. The smallest absolute Gasteiger partial charge is 0.303 e. The Morgan fingerprint density at radius 3 is 2.68 bits per heavy atom. The SMILES string of the molecule is CC(CN(C)C(=O)CCCCC(=O)O)c1nccs1. The van der Waals surface area contributed by atoms with Crippen molar-refractivity contribution >= 4 is 23.2 Å². The lowest BCUT2D eigenvalue weighted by Crippen LogP contribution is -2.30. The zero-order valence-corrected chi connectivity index (χ0v) is 12.2. The first-order valence-corrected chi connectivity index (χ1v) is 7.23. The molecule has 0 saturated carbocycles. The van der Waals surface area contributed by atoms with Gasteiger partial charge in [-0.3, -0.25) is 9.59 Å². The number of carboxylic acids is 1. The van der Waals surface area contributed by atoms with Gasteiger partial charge in [-0.05, 0) is 12.8 Å². The average Bonchev–Trinajstić information content (AvgIpc) is 2.87. The minimum Gasteiger partial charge on any atom is -0.481 e. The first-order valence-electron chi connectivity index (χ1n) is 6.36. The van der Waals surface area contributed by atoms with Gasteiger partial charge in [-0.25, -0.2) is 4.98 Å². The zero-order chi connectivity index (χ0) is 14.3. The summed E-state index contributed by atoms with van der Waals surface area (Å²) in [6.45, 7) is 2.69. The van der Waals surface area contributed by atoms with Crippen LogP contribution in [0.2, 0.25) is 0 Å². The van der Waals surface area contributed by atoms with E-state index in [-0.39, 0.29) is 18.2 Å². The van der Waals surface area contributed by atoms with Crippen LogP contribution in [0.25, 0.3) is 0 Å². The van der Waals surface area contributed by atoms with Crippen molar-refractivity contribution in [1.82, 2.24) is 9.88 Å². The Hall–Kier alpha value is -1.43. The molecule has 1 atom stereocenters. The standard InChI is InChI=1S/C13H20N2O3S/c1-10(13-14-7-8-19-13)9-15(2)11(16)5-3-4-6-12(17)18/h7-8,10H,3-6,9H2,1-2H3,(H,17,18). The van der Waals surface area contributed by atoms with Gasteiger partial charge in [0.2, 0.25) is 5.91 Å². The maximum absolute atomic E-state index is 11.9. The fraction of sp³-hybridized carbons (Fsp3) is 0.615. The largest absolute Gasteiger partial charge is 0.481 e. The van der Waals surface area contributed by atoms with Crippen LogP contribution in [0.5, 0.6) is 0 Å². The Morgan fingerprint density at radius 2 is 2.11 bits per heavy atom. The number of aliphatic carboxylic acids is 1. The molecular weight excluding hydrogens is 264 g/mol. The van der Waals surface area contributed by atoms with E-state index in [1.165, 1.54) is 0 Å². The number of carbonyl (C=O) groups excluding carboxylic acids is 1. The van der Waals surface area contributed by atoms with Crippen LogP contribution in [0, 0.1) is 0 Å². The Balaban J connectivity index is 2.26. The number of likely N-dealkylation sites (N-methyl/N-ethyl adjacent to an activating group) is 1. The minimum atomic E-state index is -0.807. The maximum atomic E-state index is 11.9. The maximum Gasteiger partial charge on any atom is 0.303 e. The summed E-state index contributed by atoms with van der Waals surface area (Å²) in [5.74, 6) is -0.514. The highest BCUT2D eigenvalue weighted by molar-refractivity contribution is 7.09. The van der Waals surface area contributed by atoms with Crippen LogP contribution >= 0.6 is 11.3 Å². The highest BCUT2D eigenvalue weighted by Gasteiger charge is 2.15. The molecular formula is C13H20N2O3S. The van der Waals surface area contributed by atoms with E-state index < -0.39 is 5.97 Å². The van der Waals surface area contributed by atoms with Gasteiger partial charge in [-0.2, -0.15) is 0 Å². The molecule has 6 heteroatoms. The van der Waals surface area contributed by atoms with Crippen LogP contribution in [-0.4, -0.2) is 40.5 Å². The first-order chi connectivity index (χ1) is 9.00. The molecule has 1 unspecified atom stereocenters. The van der Waals surface area contributed by atoms with E-state index in [1.54, 1.807) is 29.5 Å². The Labute approximate surface area is 117 Å². The predicted octanol–water partition coefficient (Wildman–Crippen LogP) is 2.35. The van der Waals surface area contributed by atoms with E-state index in [9.17, 15) is 9.59 Å². The summed E-state index contributed by atoms with van der Waals surface area (Å²) in [6, 6.07) is 0. The van der Waals surface area contributed by atoms with Crippen LogP contribution in [0.15, 0.2) is 11.6 Å². The van der Waals surface area contributed by atoms with Crippen molar-refractivity contribution in [1.29, 1.82) is 0 Å². The van der Waals surface area contributed by atoms with E-state index in [0.29, 0.717) is 25.8 Å². The van der Waals surface area contributed by atoms with Crippen LogP contribution < -0.4 is 0 Å². The number of rotatable bonds is 8. The summed E-state index contributed by atoms with van der Waals surface area (Å²) >= 11 is 1.60. The van der Waals surface area contributed by atoms with E-state index in [0.717, 1.165) is 5.01 Å². The Morgan fingerprint density at radius 1 is 1.42 bits per heavy atom. The summed E-state index contributed by atoms with van der Waals surface area (Å²) in [4.78, 5) is 28.1. The molecule has 0 aliphatic rings. The molecule has 1 N–H and O–H groups in total. The van der Waals surface area contributed by atoms with Gasteiger partial charge >= 0.3 is 5.97 Å². The third kappa shape index (κ3) is 5.83. The van der Waals surface area contributed by atoms with Crippen molar-refractivity contribution in [2.75, 3.05) is 13.6 Å². The van der Waals surface area contributed by atoms with Gasteiger partial charge in [0, 0.05) is 43.9 Å². The van der Waals surface area contributed by atoms with Gasteiger partial charge in [0.05, 0.1) is 5.01 Å². The van der Waals surface area contributed by atoms with Crippen molar-refractivity contribution in [3.63, 3.8) is 0 Å². The summed E-state index contributed by atoms with van der Waals surface area (Å²) < 4.78 is 0. The van der Waals surface area contributed by atoms with E-state index in [4.69, 9.17) is 5.11 Å². The van der Waals surface area contributed by atoms with Gasteiger partial charge in [0.1, 0.15) is 0 Å². The normalized spacial score (nSPS) is 12.1. The first kappa shape index (κ1) is 15.6. The molecule has 0 spiro atoms. The van der Waals surface area contributed by atoms with Crippen molar-refractivity contribution in [2.24, 2.45) is 0 Å². The number of aromatic nitrogens is 1. The number of carboxylic acid groups (broad SMARTS) is 1. The molecule has 0 saturated heterocycles. The lowest BCUT2D eigenvalue weighted by molar-refractivity contribution is -0.137. The van der Waals surface area contributed by atoms with E-state index in [1.807, 2.05) is 12.3 Å². The van der Waals surface area contributed by atoms with Gasteiger partial charge in [0.15, 0.2) is 0 Å². The Kier molecular flexibility index (Phi) is 6.49. The number of hydrogen-bond donors (Lipinski definition) is 1. The summed E-state index contributed by atoms with van der Waals surface area (Å²) in [6.07, 6.45) is 3.49. The molecule has 1 heterocycles. The molecule has 19 heavy (non-hydrogen) atoms. The number of carbonyl (C=O) groups is 2. The lowest BCUT2D eigenvalue weighted by Gasteiger charge is -2.20. The van der Waals surface area contributed by atoms with Gasteiger partial charge in [-0.15, -0.1) is 11.3 Å². The molecule has 0 fully saturated rings. The zero-order valence-electron chi connectivity index (χ0n) is 11.3. The molecule has 5 nitrogen and oxygen atoms in total. The summed E-state index contributed by atoms with van der Waals surface area (Å²) in [5.41, 5.74) is 0. The molecule has 1 aromatic heterocycles. The number of unbranched alkanes of at least 4 members (excludes halogenated alkanes) is 1.